The quantitative estimate of drug-likeness (QED) is 0.247. The molecule has 16 heteroatoms. The van der Waals surface area contributed by atoms with Gasteiger partial charge in [0, 0.05) is 24.0 Å². The minimum absolute atomic E-state index is 0.0174. The molecule has 4 aliphatic rings. The highest BCUT2D eigenvalue weighted by Gasteiger charge is 2.50. The number of aromatic hydroxyl groups is 1. The van der Waals surface area contributed by atoms with Crippen LogP contribution in [-0.2, 0) is 14.3 Å². The maximum atomic E-state index is 14.3. The minimum atomic E-state index is -0.738. The first kappa shape index (κ1) is 47.7. The Morgan fingerprint density at radius 1 is 0.806 bits per heavy atom. The number of nitrogens with zero attached hydrogens (tertiary/aromatic N) is 5. The van der Waals surface area contributed by atoms with Crippen molar-refractivity contribution in [2.45, 2.75) is 160 Å². The third kappa shape index (κ3) is 10.8. The fourth-order valence-corrected chi connectivity index (χ4v) is 8.87. The maximum Gasteiger partial charge on any atom is 0.411 e. The van der Waals surface area contributed by atoms with Crippen LogP contribution in [-0.4, -0.2) is 113 Å². The highest BCUT2D eigenvalue weighted by Crippen LogP contribution is 2.47. The van der Waals surface area contributed by atoms with Crippen LogP contribution in [0.2, 0.25) is 0 Å². The monoisotopic (exact) mass is 865 g/mol. The molecule has 1 aromatic heterocycles. The van der Waals surface area contributed by atoms with Gasteiger partial charge in [-0.15, -0.1) is 0 Å². The summed E-state index contributed by atoms with van der Waals surface area (Å²) >= 11 is 0. The standard InChI is InChI=1S/C24H21F2N3O3.C11H21NO3.C11H19NO3/c1-13-5-10-18-21(29-22(24(32)28(13)18)23(31)19(30)12-27-29)20(14-6-8-16(25)9-7-14)15-3-2-4-17(26)11-15;2*1-8-5-6-9(7-13)12(8)10(14)15-11(2,3)4/h2-4,6-9,11-13,18,20-21,31H,5,10H2,1H3;8-9,13H,5-7H2,1-4H3;7-9H,5-6H2,1-4H3/t13-,18+,20+,21+;2*8-,9+/m000/s1. The van der Waals surface area contributed by atoms with E-state index in [1.165, 1.54) is 33.8 Å². The number of halogens is 2. The Balaban J connectivity index is 0.000000202. The molecule has 0 unspecified atom stereocenters. The van der Waals surface area contributed by atoms with E-state index in [2.05, 4.69) is 5.10 Å². The summed E-state index contributed by atoms with van der Waals surface area (Å²) < 4.78 is 39.9. The van der Waals surface area contributed by atoms with Gasteiger partial charge in [-0.3, -0.25) is 19.2 Å². The second kappa shape index (κ2) is 19.3. The molecule has 0 saturated carbocycles. The van der Waals surface area contributed by atoms with Gasteiger partial charge in [0.2, 0.25) is 5.43 Å². The zero-order valence-electron chi connectivity index (χ0n) is 37.1. The molecule has 8 atom stereocenters. The lowest BCUT2D eigenvalue weighted by atomic mass is 9.80. The summed E-state index contributed by atoms with van der Waals surface area (Å²) in [4.78, 5) is 64.7. The average Bonchev–Trinajstić information content (AvgIpc) is 3.89. The van der Waals surface area contributed by atoms with Gasteiger partial charge in [0.25, 0.3) is 5.91 Å². The van der Waals surface area contributed by atoms with Gasteiger partial charge in [0.05, 0.1) is 37.0 Å². The number of hydrogen-bond donors (Lipinski definition) is 2. The second-order valence-corrected chi connectivity index (χ2v) is 18.6. The molecule has 338 valence electrons. The van der Waals surface area contributed by atoms with Crippen molar-refractivity contribution in [3.05, 3.63) is 93.4 Å². The number of amides is 3. The summed E-state index contributed by atoms with van der Waals surface area (Å²) in [5.41, 5.74) is -0.552. The van der Waals surface area contributed by atoms with Gasteiger partial charge in [-0.2, -0.15) is 5.10 Å². The fraction of sp³-hybridized carbons (Fsp3) is 0.565. The Morgan fingerprint density at radius 2 is 1.39 bits per heavy atom. The number of ether oxygens (including phenoxy) is 2. The predicted molar refractivity (Wildman–Crippen MR) is 227 cm³/mol. The van der Waals surface area contributed by atoms with Gasteiger partial charge in [0.1, 0.15) is 29.1 Å². The van der Waals surface area contributed by atoms with Gasteiger partial charge < -0.3 is 34.3 Å². The van der Waals surface area contributed by atoms with E-state index in [1.807, 2.05) is 62.3 Å². The third-order valence-corrected chi connectivity index (χ3v) is 11.7. The first-order chi connectivity index (χ1) is 29.1. The summed E-state index contributed by atoms with van der Waals surface area (Å²) in [5.74, 6) is -2.43. The third-order valence-electron chi connectivity index (χ3n) is 11.7. The molecule has 2 aromatic carbocycles. The lowest BCUT2D eigenvalue weighted by molar-refractivity contribution is -0.112. The van der Waals surface area contributed by atoms with Crippen molar-refractivity contribution in [1.29, 1.82) is 0 Å². The van der Waals surface area contributed by atoms with Gasteiger partial charge in [-0.1, -0.05) is 24.3 Å². The zero-order valence-corrected chi connectivity index (χ0v) is 37.1. The molecule has 3 fully saturated rings. The van der Waals surface area contributed by atoms with E-state index in [4.69, 9.17) is 14.6 Å². The number of aromatic nitrogens is 2. The van der Waals surface area contributed by atoms with Gasteiger partial charge in [0.15, 0.2) is 11.4 Å². The first-order valence-electron chi connectivity index (χ1n) is 21.3. The van der Waals surface area contributed by atoms with Crippen molar-refractivity contribution in [2.75, 3.05) is 6.61 Å². The second-order valence-electron chi connectivity index (χ2n) is 18.6. The summed E-state index contributed by atoms with van der Waals surface area (Å²) in [7, 11) is 0. The van der Waals surface area contributed by atoms with Crippen molar-refractivity contribution in [3.63, 3.8) is 0 Å². The van der Waals surface area contributed by atoms with Crippen LogP contribution >= 0.6 is 0 Å². The molecule has 14 nitrogen and oxygen atoms in total. The molecular formula is C46H61F2N5O9. The molecule has 4 aliphatic heterocycles. The van der Waals surface area contributed by atoms with E-state index in [9.17, 15) is 37.9 Å². The van der Waals surface area contributed by atoms with Crippen molar-refractivity contribution in [1.82, 2.24) is 24.5 Å². The van der Waals surface area contributed by atoms with Crippen molar-refractivity contribution in [3.8, 4) is 5.75 Å². The largest absolute Gasteiger partial charge is 0.502 e. The molecule has 3 amide bonds. The van der Waals surface area contributed by atoms with Crippen LogP contribution in [0.5, 0.6) is 5.75 Å². The average molecular weight is 866 g/mol. The Labute approximate surface area is 361 Å². The van der Waals surface area contributed by atoms with E-state index < -0.39 is 51.9 Å². The molecule has 0 spiro atoms. The Kier molecular flexibility index (Phi) is 14.9. The van der Waals surface area contributed by atoms with Crippen LogP contribution in [0.1, 0.15) is 134 Å². The number of aliphatic hydroxyl groups is 1. The lowest BCUT2D eigenvalue weighted by Crippen LogP contribution is -2.52. The van der Waals surface area contributed by atoms with Gasteiger partial charge in [-0.05, 0) is 136 Å². The normalized spacial score (nSPS) is 24.8. The number of rotatable bonds is 5. The van der Waals surface area contributed by atoms with Gasteiger partial charge >= 0.3 is 12.2 Å². The Hall–Kier alpha value is -5.38. The number of aliphatic hydroxyl groups excluding tert-OH is 1. The zero-order chi connectivity index (χ0) is 45.8. The van der Waals surface area contributed by atoms with Crippen LogP contribution in [0.4, 0.5) is 18.4 Å². The topological polar surface area (TPSA) is 172 Å². The molecule has 0 bridgehead atoms. The molecule has 7 rings (SSSR count). The van der Waals surface area contributed by atoms with Gasteiger partial charge in [-0.25, -0.2) is 18.4 Å². The molecule has 0 radical (unpaired) electrons. The summed E-state index contributed by atoms with van der Waals surface area (Å²) in [6, 6.07) is 11.0. The van der Waals surface area contributed by atoms with E-state index in [0.29, 0.717) is 17.5 Å². The molecule has 2 N–H and O–H groups in total. The van der Waals surface area contributed by atoms with Crippen LogP contribution in [0.15, 0.2) is 59.5 Å². The first-order valence-corrected chi connectivity index (χ1v) is 21.3. The molecular weight excluding hydrogens is 805 g/mol. The molecule has 3 aromatic rings. The predicted octanol–water partition coefficient (Wildman–Crippen LogP) is 7.35. The number of fused-ring (bicyclic) bond motifs is 2. The number of carbonyl (C=O) groups is 4. The van der Waals surface area contributed by atoms with Crippen LogP contribution in [0, 0.1) is 11.6 Å². The molecule has 62 heavy (non-hydrogen) atoms. The van der Waals surface area contributed by atoms with E-state index in [1.54, 1.807) is 34.1 Å². The number of likely N-dealkylation sites (tertiary alicyclic amines) is 2. The van der Waals surface area contributed by atoms with Crippen molar-refractivity contribution < 1.29 is 47.6 Å². The van der Waals surface area contributed by atoms with Crippen LogP contribution < -0.4 is 5.43 Å². The summed E-state index contributed by atoms with van der Waals surface area (Å²) in [6.45, 7) is 16.9. The summed E-state index contributed by atoms with van der Waals surface area (Å²) in [5, 5.41) is 23.9. The van der Waals surface area contributed by atoms with E-state index >= 15 is 0 Å². The minimum Gasteiger partial charge on any atom is -0.502 e. The van der Waals surface area contributed by atoms with Crippen LogP contribution in [0.25, 0.3) is 0 Å². The fourth-order valence-electron chi connectivity index (χ4n) is 8.87. The highest BCUT2D eigenvalue weighted by atomic mass is 19.1. The molecule has 0 aliphatic carbocycles. The smallest absolute Gasteiger partial charge is 0.411 e. The lowest BCUT2D eigenvalue weighted by Gasteiger charge is -2.43. The SMILES string of the molecule is C[C@H]1CC[C@@H]2[C@H]([C@H](c3ccc(F)cc3)c3cccc(F)c3)n3ncc(=O)c(O)c3C(=O)N21.C[C@H]1CC[C@H](C=O)N1C(=O)OC(C)(C)C.C[C@H]1CC[C@H](CO)N1C(=O)OC(C)(C)C. The molecule has 5 heterocycles. The Bertz CT molecular complexity index is 2140. The number of benzene rings is 2. The van der Waals surface area contributed by atoms with Crippen molar-refractivity contribution in [2.24, 2.45) is 0 Å². The summed E-state index contributed by atoms with van der Waals surface area (Å²) in [6.07, 6.45) is 5.93. The number of hydrogen-bond acceptors (Lipinski definition) is 10. The van der Waals surface area contributed by atoms with Crippen LogP contribution in [0.3, 0.4) is 0 Å². The van der Waals surface area contributed by atoms with Crippen molar-refractivity contribution >= 4 is 24.4 Å². The number of carbonyl (C=O) groups excluding carboxylic acids is 4. The molecule has 3 saturated heterocycles. The number of aldehydes is 1. The van der Waals surface area contributed by atoms with E-state index in [0.717, 1.165) is 44.6 Å². The Morgan fingerprint density at radius 3 is 1.97 bits per heavy atom. The maximum absolute atomic E-state index is 14.3. The highest BCUT2D eigenvalue weighted by molar-refractivity contribution is 5.96. The van der Waals surface area contributed by atoms with E-state index in [-0.39, 0.29) is 60.7 Å².